The Hall–Kier alpha value is -2.41. The summed E-state index contributed by atoms with van der Waals surface area (Å²) >= 11 is 0. The number of hydrogen-bond acceptors (Lipinski definition) is 4. The van der Waals surface area contributed by atoms with Crippen molar-refractivity contribution < 1.29 is 0 Å². The smallest absolute Gasteiger partial charge is 0.191 e. The van der Waals surface area contributed by atoms with Crippen LogP contribution in [-0.2, 0) is 6.54 Å². The van der Waals surface area contributed by atoms with Gasteiger partial charge in [-0.1, -0.05) is 25.0 Å². The van der Waals surface area contributed by atoms with Gasteiger partial charge >= 0.3 is 0 Å². The van der Waals surface area contributed by atoms with Crippen molar-refractivity contribution in [3.63, 3.8) is 0 Å². The minimum Gasteiger partial charge on any atom is -0.352 e. The first-order valence-electron chi connectivity index (χ1n) is 9.97. The van der Waals surface area contributed by atoms with Crippen LogP contribution in [0.1, 0.15) is 37.7 Å². The van der Waals surface area contributed by atoms with Gasteiger partial charge in [-0.05, 0) is 37.0 Å². The van der Waals surface area contributed by atoms with Crippen LogP contribution in [0.4, 0.5) is 0 Å². The average molecular weight is 368 g/mol. The standard InChI is InChI=1S/C20H29N7/c1-21-20(25-17-10-11-26(13-17)18-4-2-3-5-18)23-12-16-6-8-19(9-7-16)27-15-22-14-24-27/h6-9,14-15,17-18H,2-5,10-13H2,1H3,(H2,21,23,25). The molecule has 2 aromatic rings. The molecule has 0 bridgehead atoms. The van der Waals surface area contributed by atoms with Crippen LogP contribution < -0.4 is 10.6 Å². The van der Waals surface area contributed by atoms with Crippen LogP contribution in [0.5, 0.6) is 0 Å². The maximum atomic E-state index is 4.40. The van der Waals surface area contributed by atoms with E-state index in [0.717, 1.165) is 30.8 Å². The first-order valence-corrected chi connectivity index (χ1v) is 9.97. The van der Waals surface area contributed by atoms with Gasteiger partial charge in [0.2, 0.25) is 0 Å². The SMILES string of the molecule is CN=C(NCc1ccc(-n2cncn2)cc1)NC1CCN(C2CCCC2)C1. The Labute approximate surface area is 160 Å². The number of hydrogen-bond donors (Lipinski definition) is 2. The third-order valence-electron chi connectivity index (χ3n) is 5.70. The molecule has 27 heavy (non-hydrogen) atoms. The monoisotopic (exact) mass is 367 g/mol. The van der Waals surface area contributed by atoms with E-state index in [0.29, 0.717) is 6.04 Å². The molecule has 0 amide bonds. The summed E-state index contributed by atoms with van der Waals surface area (Å²) in [7, 11) is 1.84. The summed E-state index contributed by atoms with van der Waals surface area (Å²) in [4.78, 5) is 11.1. The van der Waals surface area contributed by atoms with E-state index in [4.69, 9.17) is 0 Å². The van der Waals surface area contributed by atoms with Gasteiger partial charge in [0.25, 0.3) is 0 Å². The van der Waals surface area contributed by atoms with Gasteiger partial charge < -0.3 is 10.6 Å². The number of guanidine groups is 1. The lowest BCUT2D eigenvalue weighted by Crippen LogP contribution is -2.45. The lowest BCUT2D eigenvalue weighted by Gasteiger charge is -2.24. The topological polar surface area (TPSA) is 70.4 Å². The second-order valence-corrected chi connectivity index (χ2v) is 7.50. The van der Waals surface area contributed by atoms with E-state index in [9.17, 15) is 0 Å². The van der Waals surface area contributed by atoms with E-state index >= 15 is 0 Å². The summed E-state index contributed by atoms with van der Waals surface area (Å²) in [5.74, 6) is 0.883. The Morgan fingerprint density at radius 1 is 1.19 bits per heavy atom. The Morgan fingerprint density at radius 3 is 2.70 bits per heavy atom. The molecule has 2 aliphatic rings. The van der Waals surface area contributed by atoms with Crippen LogP contribution in [0.15, 0.2) is 41.9 Å². The van der Waals surface area contributed by atoms with Crippen LogP contribution in [0.2, 0.25) is 0 Å². The number of likely N-dealkylation sites (tertiary alicyclic amines) is 1. The quantitative estimate of drug-likeness (QED) is 0.624. The van der Waals surface area contributed by atoms with Crippen molar-refractivity contribution in [2.75, 3.05) is 20.1 Å². The van der Waals surface area contributed by atoms with Crippen molar-refractivity contribution in [2.45, 2.75) is 50.7 Å². The van der Waals surface area contributed by atoms with Crippen LogP contribution in [0, 0.1) is 0 Å². The van der Waals surface area contributed by atoms with E-state index in [2.05, 4.69) is 54.9 Å². The molecule has 2 heterocycles. The lowest BCUT2D eigenvalue weighted by molar-refractivity contribution is 0.242. The van der Waals surface area contributed by atoms with Gasteiger partial charge in [0.05, 0.1) is 5.69 Å². The third kappa shape index (κ3) is 4.47. The zero-order chi connectivity index (χ0) is 18.5. The maximum absolute atomic E-state index is 4.40. The van der Waals surface area contributed by atoms with Gasteiger partial charge in [-0.2, -0.15) is 5.10 Å². The van der Waals surface area contributed by atoms with Crippen molar-refractivity contribution in [1.29, 1.82) is 0 Å². The normalized spacial score (nSPS) is 21.7. The zero-order valence-electron chi connectivity index (χ0n) is 16.0. The van der Waals surface area contributed by atoms with Crippen molar-refractivity contribution in [2.24, 2.45) is 4.99 Å². The molecule has 0 spiro atoms. The van der Waals surface area contributed by atoms with E-state index in [1.807, 2.05) is 7.05 Å². The fourth-order valence-electron chi connectivity index (χ4n) is 4.19. The van der Waals surface area contributed by atoms with Crippen LogP contribution in [0.3, 0.4) is 0 Å². The molecule has 4 rings (SSSR count). The van der Waals surface area contributed by atoms with Crippen molar-refractivity contribution in [3.05, 3.63) is 42.5 Å². The molecule has 1 aromatic heterocycles. The number of nitrogens with one attached hydrogen (secondary N) is 2. The van der Waals surface area contributed by atoms with E-state index in [1.165, 1.54) is 44.2 Å². The molecular weight excluding hydrogens is 338 g/mol. The highest BCUT2D eigenvalue weighted by Crippen LogP contribution is 2.26. The number of rotatable bonds is 5. The first-order chi connectivity index (χ1) is 13.3. The Bertz CT molecular complexity index is 732. The van der Waals surface area contributed by atoms with Crippen LogP contribution in [-0.4, -0.2) is 57.8 Å². The van der Waals surface area contributed by atoms with E-state index in [-0.39, 0.29) is 0 Å². The summed E-state index contributed by atoms with van der Waals surface area (Å²) in [5.41, 5.74) is 2.22. The molecule has 2 fully saturated rings. The highest BCUT2D eigenvalue weighted by Gasteiger charge is 2.30. The highest BCUT2D eigenvalue weighted by molar-refractivity contribution is 5.80. The van der Waals surface area contributed by atoms with Gasteiger partial charge in [-0.25, -0.2) is 9.67 Å². The maximum Gasteiger partial charge on any atom is 0.191 e. The molecule has 0 radical (unpaired) electrons. The molecule has 7 nitrogen and oxygen atoms in total. The molecule has 144 valence electrons. The number of nitrogens with zero attached hydrogens (tertiary/aromatic N) is 5. The molecule has 1 saturated carbocycles. The Balaban J connectivity index is 1.26. The first kappa shape index (κ1) is 18.0. The molecular formula is C20H29N7. The average Bonchev–Trinajstić information content (AvgIpc) is 3.47. The molecule has 2 N–H and O–H groups in total. The predicted octanol–water partition coefficient (Wildman–Crippen LogP) is 1.95. The van der Waals surface area contributed by atoms with Gasteiger partial charge in [-0.3, -0.25) is 9.89 Å². The largest absolute Gasteiger partial charge is 0.352 e. The Kier molecular flexibility index (Phi) is 5.67. The molecule has 1 aliphatic heterocycles. The van der Waals surface area contributed by atoms with Crippen molar-refractivity contribution in [3.8, 4) is 5.69 Å². The fraction of sp³-hybridized carbons (Fsp3) is 0.550. The molecule has 1 aromatic carbocycles. The predicted molar refractivity (Wildman–Crippen MR) is 107 cm³/mol. The van der Waals surface area contributed by atoms with Gasteiger partial charge in [0, 0.05) is 38.8 Å². The lowest BCUT2D eigenvalue weighted by atomic mass is 10.2. The molecule has 1 atom stereocenters. The molecule has 7 heteroatoms. The van der Waals surface area contributed by atoms with E-state index < -0.39 is 0 Å². The third-order valence-corrected chi connectivity index (χ3v) is 5.70. The number of aliphatic imine (C=N–C) groups is 1. The minimum atomic E-state index is 0.492. The zero-order valence-corrected chi connectivity index (χ0v) is 16.0. The van der Waals surface area contributed by atoms with Crippen molar-refractivity contribution in [1.82, 2.24) is 30.3 Å². The second kappa shape index (κ2) is 8.52. The van der Waals surface area contributed by atoms with Crippen molar-refractivity contribution >= 4 is 5.96 Å². The molecule has 1 saturated heterocycles. The summed E-state index contributed by atoms with van der Waals surface area (Å²) in [5, 5.41) is 11.2. The summed E-state index contributed by atoms with van der Waals surface area (Å²) in [6.45, 7) is 3.09. The second-order valence-electron chi connectivity index (χ2n) is 7.50. The summed E-state index contributed by atoms with van der Waals surface area (Å²) in [6.07, 6.45) is 10.0. The van der Waals surface area contributed by atoms with Gasteiger partial charge in [-0.15, -0.1) is 0 Å². The van der Waals surface area contributed by atoms with Gasteiger partial charge in [0.15, 0.2) is 5.96 Å². The fourth-order valence-corrected chi connectivity index (χ4v) is 4.19. The molecule has 1 unspecified atom stereocenters. The number of aromatic nitrogens is 3. The summed E-state index contributed by atoms with van der Waals surface area (Å²) in [6, 6.07) is 9.63. The summed E-state index contributed by atoms with van der Waals surface area (Å²) < 4.78 is 1.76. The van der Waals surface area contributed by atoms with Crippen LogP contribution >= 0.6 is 0 Å². The highest BCUT2D eigenvalue weighted by atomic mass is 15.3. The molecule has 1 aliphatic carbocycles. The minimum absolute atomic E-state index is 0.492. The van der Waals surface area contributed by atoms with E-state index in [1.54, 1.807) is 17.3 Å². The number of benzene rings is 1. The Morgan fingerprint density at radius 2 is 2.00 bits per heavy atom. The van der Waals surface area contributed by atoms with Gasteiger partial charge in [0.1, 0.15) is 12.7 Å². The van der Waals surface area contributed by atoms with Crippen LogP contribution in [0.25, 0.3) is 5.69 Å².